The Balaban J connectivity index is 1.77. The minimum absolute atomic E-state index is 0.0278. The summed E-state index contributed by atoms with van der Waals surface area (Å²) in [6, 6.07) is 8.33. The number of hydrogen-bond acceptors (Lipinski definition) is 5. The number of oxime groups is 1. The molecule has 1 unspecified atom stereocenters. The molecule has 0 aliphatic carbocycles. The third kappa shape index (κ3) is 2.33. The number of hydrogen-bond donors (Lipinski definition) is 1. The Hall–Kier alpha value is -1.88. The zero-order chi connectivity index (χ0) is 13.2. The van der Waals surface area contributed by atoms with Gasteiger partial charge in [-0.05, 0) is 5.56 Å². The van der Waals surface area contributed by atoms with Gasteiger partial charge in [-0.3, -0.25) is 4.99 Å². The third-order valence-corrected chi connectivity index (χ3v) is 3.53. The molecule has 2 aliphatic rings. The van der Waals surface area contributed by atoms with E-state index in [1.807, 2.05) is 0 Å². The van der Waals surface area contributed by atoms with E-state index in [-0.39, 0.29) is 6.10 Å². The number of nitrogens with two attached hydrogens (primary N) is 1. The van der Waals surface area contributed by atoms with Crippen molar-refractivity contribution in [3.63, 3.8) is 0 Å². The Morgan fingerprint density at radius 1 is 1.32 bits per heavy atom. The van der Waals surface area contributed by atoms with E-state index in [9.17, 15) is 0 Å². The molecule has 0 aromatic heterocycles. The maximum Gasteiger partial charge on any atom is 0.145 e. The van der Waals surface area contributed by atoms with Crippen molar-refractivity contribution in [3.05, 3.63) is 35.4 Å². The molecule has 0 fully saturated rings. The quantitative estimate of drug-likeness (QED) is 0.873. The van der Waals surface area contributed by atoms with Crippen molar-refractivity contribution in [2.24, 2.45) is 15.9 Å². The van der Waals surface area contributed by atoms with Crippen molar-refractivity contribution in [2.45, 2.75) is 12.5 Å². The van der Waals surface area contributed by atoms with E-state index in [4.69, 9.17) is 10.6 Å². The van der Waals surface area contributed by atoms with E-state index in [1.54, 1.807) is 0 Å². The molecule has 0 saturated carbocycles. The van der Waals surface area contributed by atoms with Crippen LogP contribution in [0.2, 0.25) is 0 Å². The summed E-state index contributed by atoms with van der Waals surface area (Å²) in [5, 5.41) is 4.10. The Labute approximate surface area is 112 Å². The first-order valence-electron chi connectivity index (χ1n) is 6.57. The van der Waals surface area contributed by atoms with Crippen LogP contribution >= 0.6 is 0 Å². The molecule has 1 aromatic rings. The van der Waals surface area contributed by atoms with Gasteiger partial charge in [0, 0.05) is 32.1 Å². The fourth-order valence-electron chi connectivity index (χ4n) is 2.38. The summed E-state index contributed by atoms with van der Waals surface area (Å²) in [4.78, 5) is 11.9. The van der Waals surface area contributed by atoms with Gasteiger partial charge in [0.05, 0.1) is 12.3 Å². The van der Waals surface area contributed by atoms with Gasteiger partial charge in [0.1, 0.15) is 11.9 Å². The molecule has 5 heteroatoms. The van der Waals surface area contributed by atoms with Gasteiger partial charge in [-0.25, -0.2) is 0 Å². The summed E-state index contributed by atoms with van der Waals surface area (Å²) < 4.78 is 0. The zero-order valence-electron chi connectivity index (χ0n) is 11.0. The first-order chi connectivity index (χ1) is 9.28. The van der Waals surface area contributed by atoms with Gasteiger partial charge >= 0.3 is 0 Å². The Morgan fingerprint density at radius 3 is 2.63 bits per heavy atom. The number of benzene rings is 1. The standard InChI is InChI=1S/C14H18N4O/c1-18-7-6-16-14(18)11-4-2-10(3-5-11)13-8-12(9-15)19-17-13/h2-5,12H,6-9,15H2,1H3. The molecule has 5 nitrogen and oxygen atoms in total. The zero-order valence-corrected chi connectivity index (χ0v) is 11.0. The summed E-state index contributed by atoms with van der Waals surface area (Å²) in [7, 11) is 2.07. The average molecular weight is 258 g/mol. The van der Waals surface area contributed by atoms with E-state index in [1.165, 1.54) is 0 Å². The molecule has 0 amide bonds. The van der Waals surface area contributed by atoms with Crippen molar-refractivity contribution >= 4 is 11.5 Å². The lowest BCUT2D eigenvalue weighted by molar-refractivity contribution is 0.0918. The fraction of sp³-hybridized carbons (Fsp3) is 0.429. The molecular formula is C14H18N4O. The van der Waals surface area contributed by atoms with Gasteiger partial charge in [0.25, 0.3) is 0 Å². The summed E-state index contributed by atoms with van der Waals surface area (Å²) >= 11 is 0. The highest BCUT2D eigenvalue weighted by Gasteiger charge is 2.21. The minimum Gasteiger partial charge on any atom is -0.390 e. The van der Waals surface area contributed by atoms with Crippen LogP contribution in [0, 0.1) is 0 Å². The highest BCUT2D eigenvalue weighted by Crippen LogP contribution is 2.17. The number of rotatable bonds is 3. The van der Waals surface area contributed by atoms with Gasteiger partial charge < -0.3 is 15.5 Å². The molecule has 2 heterocycles. The first kappa shape index (κ1) is 12.2. The van der Waals surface area contributed by atoms with E-state index in [0.717, 1.165) is 42.2 Å². The molecule has 3 rings (SSSR count). The Kier molecular flexibility index (Phi) is 3.21. The molecule has 1 aromatic carbocycles. The maximum absolute atomic E-state index is 5.58. The van der Waals surface area contributed by atoms with Crippen LogP contribution in [0.15, 0.2) is 34.4 Å². The summed E-state index contributed by atoms with van der Waals surface area (Å²) in [5.41, 5.74) is 8.80. The SMILES string of the molecule is CN1CCN=C1c1ccc(C2=NOC(CN)C2)cc1. The van der Waals surface area contributed by atoms with E-state index in [0.29, 0.717) is 6.54 Å². The van der Waals surface area contributed by atoms with Crippen LogP contribution in [0.5, 0.6) is 0 Å². The summed E-state index contributed by atoms with van der Waals surface area (Å²) in [6.07, 6.45) is 0.816. The van der Waals surface area contributed by atoms with Crippen LogP contribution in [-0.2, 0) is 4.84 Å². The first-order valence-corrected chi connectivity index (χ1v) is 6.57. The number of likely N-dealkylation sites (N-methyl/N-ethyl adjacent to an activating group) is 1. The second-order valence-corrected chi connectivity index (χ2v) is 4.91. The highest BCUT2D eigenvalue weighted by molar-refractivity contribution is 6.03. The lowest BCUT2D eigenvalue weighted by Gasteiger charge is -2.13. The maximum atomic E-state index is 5.58. The largest absolute Gasteiger partial charge is 0.390 e. The molecule has 0 radical (unpaired) electrons. The second kappa shape index (κ2) is 5.01. The van der Waals surface area contributed by atoms with Crippen molar-refractivity contribution in [2.75, 3.05) is 26.7 Å². The van der Waals surface area contributed by atoms with Crippen LogP contribution in [-0.4, -0.2) is 49.2 Å². The fourth-order valence-corrected chi connectivity index (χ4v) is 2.38. The lowest BCUT2D eigenvalue weighted by atomic mass is 10.0. The van der Waals surface area contributed by atoms with Crippen molar-refractivity contribution in [1.82, 2.24) is 4.90 Å². The topological polar surface area (TPSA) is 63.2 Å². The molecule has 0 spiro atoms. The van der Waals surface area contributed by atoms with Gasteiger partial charge in [-0.1, -0.05) is 29.4 Å². The smallest absolute Gasteiger partial charge is 0.145 e. The number of amidine groups is 1. The van der Waals surface area contributed by atoms with E-state index >= 15 is 0 Å². The van der Waals surface area contributed by atoms with Crippen molar-refractivity contribution in [1.29, 1.82) is 0 Å². The van der Waals surface area contributed by atoms with Gasteiger partial charge in [-0.15, -0.1) is 0 Å². The monoisotopic (exact) mass is 258 g/mol. The predicted octanol–water partition coefficient (Wildman–Crippen LogP) is 0.830. The molecule has 19 heavy (non-hydrogen) atoms. The van der Waals surface area contributed by atoms with E-state index < -0.39 is 0 Å². The molecule has 1 atom stereocenters. The number of nitrogens with zero attached hydrogens (tertiary/aromatic N) is 3. The van der Waals surface area contributed by atoms with Crippen LogP contribution in [0.1, 0.15) is 17.5 Å². The Morgan fingerprint density at radius 2 is 2.05 bits per heavy atom. The number of aliphatic imine (C=N–C) groups is 1. The Bertz CT molecular complexity index is 521. The second-order valence-electron chi connectivity index (χ2n) is 4.91. The predicted molar refractivity (Wildman–Crippen MR) is 75.6 cm³/mol. The molecule has 2 aliphatic heterocycles. The lowest BCUT2D eigenvalue weighted by Crippen LogP contribution is -2.23. The van der Waals surface area contributed by atoms with Gasteiger partial charge in [0.15, 0.2) is 0 Å². The van der Waals surface area contributed by atoms with Crippen LogP contribution in [0.3, 0.4) is 0 Å². The summed E-state index contributed by atoms with van der Waals surface area (Å²) in [6.45, 7) is 2.38. The molecular weight excluding hydrogens is 240 g/mol. The summed E-state index contributed by atoms with van der Waals surface area (Å²) in [5.74, 6) is 1.07. The molecule has 0 bridgehead atoms. The highest BCUT2D eigenvalue weighted by atomic mass is 16.6. The normalized spacial score (nSPS) is 22.2. The van der Waals surface area contributed by atoms with E-state index in [2.05, 4.69) is 46.4 Å². The van der Waals surface area contributed by atoms with Crippen LogP contribution in [0.25, 0.3) is 0 Å². The van der Waals surface area contributed by atoms with Crippen molar-refractivity contribution < 1.29 is 4.84 Å². The minimum atomic E-state index is 0.0278. The van der Waals surface area contributed by atoms with Gasteiger partial charge in [-0.2, -0.15) is 0 Å². The van der Waals surface area contributed by atoms with Crippen molar-refractivity contribution in [3.8, 4) is 0 Å². The molecule has 2 N–H and O–H groups in total. The average Bonchev–Trinajstić information content (AvgIpc) is 3.07. The molecule has 100 valence electrons. The van der Waals surface area contributed by atoms with Crippen LogP contribution < -0.4 is 5.73 Å². The van der Waals surface area contributed by atoms with Gasteiger partial charge in [0.2, 0.25) is 0 Å². The molecule has 0 saturated heterocycles. The van der Waals surface area contributed by atoms with Crippen LogP contribution in [0.4, 0.5) is 0 Å². The third-order valence-electron chi connectivity index (χ3n) is 3.53.